The van der Waals surface area contributed by atoms with Crippen molar-refractivity contribution in [2.45, 2.75) is 17.7 Å². The molecule has 0 aliphatic carbocycles. The number of sulfone groups is 1. The van der Waals surface area contributed by atoms with Gasteiger partial charge >= 0.3 is 0 Å². The molecule has 1 aliphatic heterocycles. The van der Waals surface area contributed by atoms with Gasteiger partial charge in [0, 0.05) is 18.2 Å². The number of aromatic nitrogens is 2. The molecule has 0 atom stereocenters. The van der Waals surface area contributed by atoms with Gasteiger partial charge in [0.2, 0.25) is 0 Å². The SMILES string of the molecule is CN1CCC(CNc2ncnc3ccc(S(C)(=O)=O)cc23)CC1. The molecule has 3 rings (SSSR count). The zero-order valence-corrected chi connectivity index (χ0v) is 14.3. The van der Waals surface area contributed by atoms with E-state index in [2.05, 4.69) is 27.2 Å². The average Bonchev–Trinajstić information content (AvgIpc) is 2.53. The first-order chi connectivity index (χ1) is 10.9. The van der Waals surface area contributed by atoms with Gasteiger partial charge < -0.3 is 10.2 Å². The monoisotopic (exact) mass is 334 g/mol. The highest BCUT2D eigenvalue weighted by molar-refractivity contribution is 7.90. The molecule has 6 nitrogen and oxygen atoms in total. The molecule has 0 saturated carbocycles. The third kappa shape index (κ3) is 3.79. The van der Waals surface area contributed by atoms with E-state index in [1.165, 1.54) is 25.4 Å². The minimum Gasteiger partial charge on any atom is -0.369 e. The summed E-state index contributed by atoms with van der Waals surface area (Å²) in [5.74, 6) is 1.33. The molecule has 1 aliphatic rings. The zero-order chi connectivity index (χ0) is 16.4. The van der Waals surface area contributed by atoms with Crippen LogP contribution < -0.4 is 5.32 Å². The molecule has 23 heavy (non-hydrogen) atoms. The van der Waals surface area contributed by atoms with Crippen LogP contribution in [0.4, 0.5) is 5.82 Å². The Hall–Kier alpha value is -1.73. The molecule has 1 aromatic carbocycles. The Balaban J connectivity index is 1.82. The van der Waals surface area contributed by atoms with Crippen molar-refractivity contribution in [3.63, 3.8) is 0 Å². The maximum atomic E-state index is 11.8. The number of benzene rings is 1. The molecule has 124 valence electrons. The van der Waals surface area contributed by atoms with Gasteiger partial charge in [-0.1, -0.05) is 0 Å². The molecule has 2 heterocycles. The summed E-state index contributed by atoms with van der Waals surface area (Å²) in [6, 6.07) is 4.97. The van der Waals surface area contributed by atoms with Crippen molar-refractivity contribution in [2.24, 2.45) is 5.92 Å². The molecule has 0 spiro atoms. The summed E-state index contributed by atoms with van der Waals surface area (Å²) in [5.41, 5.74) is 0.748. The van der Waals surface area contributed by atoms with E-state index >= 15 is 0 Å². The Morgan fingerprint density at radius 3 is 2.70 bits per heavy atom. The summed E-state index contributed by atoms with van der Waals surface area (Å²) in [5, 5.41) is 4.14. The molecular weight excluding hydrogens is 312 g/mol. The Morgan fingerprint density at radius 1 is 1.26 bits per heavy atom. The van der Waals surface area contributed by atoms with Gasteiger partial charge in [-0.15, -0.1) is 0 Å². The van der Waals surface area contributed by atoms with Gasteiger partial charge in [0.15, 0.2) is 9.84 Å². The van der Waals surface area contributed by atoms with Crippen molar-refractivity contribution in [3.8, 4) is 0 Å². The van der Waals surface area contributed by atoms with E-state index in [-0.39, 0.29) is 0 Å². The lowest BCUT2D eigenvalue weighted by molar-refractivity contribution is 0.226. The molecule has 1 N–H and O–H groups in total. The number of hydrogen-bond acceptors (Lipinski definition) is 6. The first-order valence-corrected chi connectivity index (χ1v) is 9.70. The van der Waals surface area contributed by atoms with Crippen LogP contribution in [0.5, 0.6) is 0 Å². The van der Waals surface area contributed by atoms with E-state index in [0.29, 0.717) is 16.6 Å². The van der Waals surface area contributed by atoms with E-state index < -0.39 is 9.84 Å². The summed E-state index contributed by atoms with van der Waals surface area (Å²) in [6.07, 6.45) is 5.06. The second-order valence-corrected chi connectivity index (χ2v) is 8.32. The minimum absolute atomic E-state index is 0.294. The molecule has 7 heteroatoms. The number of anilines is 1. The molecule has 1 aromatic heterocycles. The summed E-state index contributed by atoms with van der Waals surface area (Å²) in [7, 11) is -1.09. The van der Waals surface area contributed by atoms with Gasteiger partial charge in [-0.3, -0.25) is 0 Å². The lowest BCUT2D eigenvalue weighted by atomic mass is 9.97. The summed E-state index contributed by atoms with van der Waals surface area (Å²) in [6.45, 7) is 3.09. The van der Waals surface area contributed by atoms with E-state index in [0.717, 1.165) is 30.5 Å². The Bertz CT molecular complexity index is 799. The van der Waals surface area contributed by atoms with Crippen LogP contribution in [0.25, 0.3) is 10.9 Å². The molecule has 0 unspecified atom stereocenters. The molecule has 1 saturated heterocycles. The quantitative estimate of drug-likeness (QED) is 0.919. The molecule has 0 bridgehead atoms. The largest absolute Gasteiger partial charge is 0.369 e. The smallest absolute Gasteiger partial charge is 0.175 e. The van der Waals surface area contributed by atoms with Crippen LogP contribution >= 0.6 is 0 Å². The molecule has 0 radical (unpaired) electrons. The highest BCUT2D eigenvalue weighted by Gasteiger charge is 2.17. The van der Waals surface area contributed by atoms with Crippen molar-refractivity contribution in [1.29, 1.82) is 0 Å². The molecular formula is C16H22N4O2S. The first kappa shape index (κ1) is 16.1. The lowest BCUT2D eigenvalue weighted by Gasteiger charge is -2.29. The van der Waals surface area contributed by atoms with Crippen LogP contribution in [0.3, 0.4) is 0 Å². The van der Waals surface area contributed by atoms with Crippen LogP contribution in [-0.2, 0) is 9.84 Å². The van der Waals surface area contributed by atoms with Gasteiger partial charge in [-0.2, -0.15) is 0 Å². The Morgan fingerprint density at radius 2 is 2.00 bits per heavy atom. The van der Waals surface area contributed by atoms with Crippen molar-refractivity contribution < 1.29 is 8.42 Å². The predicted molar refractivity (Wildman–Crippen MR) is 91.4 cm³/mol. The van der Waals surface area contributed by atoms with E-state index in [1.807, 2.05) is 0 Å². The fourth-order valence-corrected chi connectivity index (χ4v) is 3.56. The number of nitrogens with zero attached hydrogens (tertiary/aromatic N) is 3. The second-order valence-electron chi connectivity index (χ2n) is 6.30. The second kappa shape index (κ2) is 6.41. The minimum atomic E-state index is -3.24. The topological polar surface area (TPSA) is 75.2 Å². The van der Waals surface area contributed by atoms with Gasteiger partial charge in [0.25, 0.3) is 0 Å². The van der Waals surface area contributed by atoms with Crippen LogP contribution in [-0.4, -0.2) is 56.2 Å². The third-order valence-electron chi connectivity index (χ3n) is 4.43. The maximum Gasteiger partial charge on any atom is 0.175 e. The normalized spacial score (nSPS) is 17.5. The van der Waals surface area contributed by atoms with Crippen molar-refractivity contribution in [2.75, 3.05) is 38.3 Å². The highest BCUT2D eigenvalue weighted by Crippen LogP contribution is 2.24. The van der Waals surface area contributed by atoms with Crippen molar-refractivity contribution in [1.82, 2.24) is 14.9 Å². The number of likely N-dealkylation sites (tertiary alicyclic amines) is 1. The molecule has 0 amide bonds. The summed E-state index contributed by atoms with van der Waals surface area (Å²) in [4.78, 5) is 11.2. The van der Waals surface area contributed by atoms with E-state index in [4.69, 9.17) is 0 Å². The fourth-order valence-electron chi connectivity index (χ4n) is 2.91. The van der Waals surface area contributed by atoms with E-state index in [9.17, 15) is 8.42 Å². The summed E-state index contributed by atoms with van der Waals surface area (Å²) >= 11 is 0. The first-order valence-electron chi connectivity index (χ1n) is 7.81. The fraction of sp³-hybridized carbons (Fsp3) is 0.500. The molecule has 1 fully saturated rings. The number of fused-ring (bicyclic) bond motifs is 1. The third-order valence-corrected chi connectivity index (χ3v) is 5.54. The number of hydrogen-bond donors (Lipinski definition) is 1. The van der Waals surface area contributed by atoms with E-state index in [1.54, 1.807) is 18.2 Å². The van der Waals surface area contributed by atoms with Crippen LogP contribution in [0.2, 0.25) is 0 Å². The van der Waals surface area contributed by atoms with Crippen LogP contribution in [0.1, 0.15) is 12.8 Å². The van der Waals surface area contributed by atoms with Crippen LogP contribution in [0.15, 0.2) is 29.4 Å². The van der Waals surface area contributed by atoms with Gasteiger partial charge in [-0.25, -0.2) is 18.4 Å². The Labute approximate surface area is 136 Å². The standard InChI is InChI=1S/C16H22N4O2S/c1-20-7-5-12(6-8-20)10-17-16-14-9-13(23(2,21)22)3-4-15(14)18-11-19-16/h3-4,9,11-12H,5-8,10H2,1-2H3,(H,17,18,19). The van der Waals surface area contributed by atoms with Crippen molar-refractivity contribution >= 4 is 26.6 Å². The zero-order valence-electron chi connectivity index (χ0n) is 13.5. The van der Waals surface area contributed by atoms with Gasteiger partial charge in [-0.05, 0) is 57.1 Å². The number of piperidine rings is 1. The number of rotatable bonds is 4. The average molecular weight is 334 g/mol. The van der Waals surface area contributed by atoms with Gasteiger partial charge in [0.05, 0.1) is 10.4 Å². The highest BCUT2D eigenvalue weighted by atomic mass is 32.2. The lowest BCUT2D eigenvalue weighted by Crippen LogP contribution is -2.33. The number of nitrogens with one attached hydrogen (secondary N) is 1. The molecule has 2 aromatic rings. The summed E-state index contributed by atoms with van der Waals surface area (Å²) < 4.78 is 23.5. The van der Waals surface area contributed by atoms with Crippen LogP contribution in [0, 0.1) is 5.92 Å². The van der Waals surface area contributed by atoms with Crippen molar-refractivity contribution in [3.05, 3.63) is 24.5 Å². The Kier molecular flexibility index (Phi) is 4.50. The maximum absolute atomic E-state index is 11.8. The predicted octanol–water partition coefficient (Wildman–Crippen LogP) is 1.79. The van der Waals surface area contributed by atoms with Gasteiger partial charge in [0.1, 0.15) is 12.1 Å².